The van der Waals surface area contributed by atoms with E-state index in [-0.39, 0.29) is 9.90 Å². The number of rotatable bonds is 3. The molecule has 0 aliphatic carbocycles. The van der Waals surface area contributed by atoms with E-state index in [0.29, 0.717) is 6.07 Å². The van der Waals surface area contributed by atoms with Gasteiger partial charge < -0.3 is 0 Å². The van der Waals surface area contributed by atoms with Crippen LogP contribution in [0.25, 0.3) is 0 Å². The molecule has 0 bridgehead atoms. The predicted molar refractivity (Wildman–Crippen MR) is 76.4 cm³/mol. The van der Waals surface area contributed by atoms with Crippen LogP contribution in [0, 0.1) is 0 Å². The van der Waals surface area contributed by atoms with Crippen molar-refractivity contribution in [3.05, 3.63) is 46.3 Å². The highest BCUT2D eigenvalue weighted by Gasteiger charge is 2.34. The summed E-state index contributed by atoms with van der Waals surface area (Å²) in [5, 5.41) is 1.09. The van der Waals surface area contributed by atoms with Crippen LogP contribution in [0.2, 0.25) is 5.02 Å². The number of alkyl halides is 3. The topological polar surface area (TPSA) is 37.4 Å². The quantitative estimate of drug-likeness (QED) is 0.825. The normalized spacial score (nSPS) is 12.4. The molecule has 0 aliphatic heterocycles. The van der Waals surface area contributed by atoms with Gasteiger partial charge in [-0.1, -0.05) is 17.7 Å². The Balaban J connectivity index is 2.48. The van der Waals surface area contributed by atoms with Crippen LogP contribution in [0.4, 0.5) is 18.9 Å². The van der Waals surface area contributed by atoms with Crippen LogP contribution in [-0.4, -0.2) is 15.5 Å². The highest BCUT2D eigenvalue weighted by atomic mass is 35.5. The molecular formula is C12H9ClF3NO2S2. The van der Waals surface area contributed by atoms with Crippen LogP contribution < -0.4 is 4.31 Å². The van der Waals surface area contributed by atoms with Gasteiger partial charge in [0.05, 0.1) is 16.3 Å². The van der Waals surface area contributed by atoms with Gasteiger partial charge in [-0.25, -0.2) is 8.42 Å². The summed E-state index contributed by atoms with van der Waals surface area (Å²) in [6.45, 7) is 0. The van der Waals surface area contributed by atoms with Crippen LogP contribution in [0.5, 0.6) is 0 Å². The molecule has 0 radical (unpaired) electrons. The van der Waals surface area contributed by atoms with E-state index in [1.807, 2.05) is 0 Å². The molecule has 0 aliphatic rings. The fourth-order valence-electron chi connectivity index (χ4n) is 1.61. The van der Waals surface area contributed by atoms with E-state index < -0.39 is 26.8 Å². The maximum atomic E-state index is 12.8. The van der Waals surface area contributed by atoms with Gasteiger partial charge in [-0.2, -0.15) is 13.2 Å². The first kappa shape index (κ1) is 16.1. The van der Waals surface area contributed by atoms with Crippen molar-refractivity contribution in [3.8, 4) is 0 Å². The van der Waals surface area contributed by atoms with Gasteiger partial charge in [0.15, 0.2) is 0 Å². The van der Waals surface area contributed by atoms with E-state index >= 15 is 0 Å². The molecule has 114 valence electrons. The van der Waals surface area contributed by atoms with Gasteiger partial charge in [0.2, 0.25) is 0 Å². The van der Waals surface area contributed by atoms with E-state index in [0.717, 1.165) is 21.7 Å². The molecule has 0 fully saturated rings. The minimum absolute atomic E-state index is 0.0495. The first-order chi connectivity index (χ1) is 9.64. The summed E-state index contributed by atoms with van der Waals surface area (Å²) in [6.07, 6.45) is -4.65. The summed E-state index contributed by atoms with van der Waals surface area (Å²) in [6, 6.07) is 5.90. The lowest BCUT2D eigenvalue weighted by atomic mass is 10.2. The molecule has 0 saturated carbocycles. The van der Waals surface area contributed by atoms with E-state index in [2.05, 4.69) is 0 Å². The van der Waals surface area contributed by atoms with Crippen molar-refractivity contribution < 1.29 is 21.6 Å². The minimum atomic E-state index is -4.65. The Hall–Kier alpha value is -1.25. The summed E-state index contributed by atoms with van der Waals surface area (Å²) in [7, 11) is -2.69. The van der Waals surface area contributed by atoms with Crippen molar-refractivity contribution in [1.29, 1.82) is 0 Å². The third-order valence-electron chi connectivity index (χ3n) is 2.73. The van der Waals surface area contributed by atoms with Gasteiger partial charge in [-0.15, -0.1) is 11.3 Å². The molecule has 1 aromatic heterocycles. The summed E-state index contributed by atoms with van der Waals surface area (Å²) in [5.41, 5.74) is -1.19. The largest absolute Gasteiger partial charge is 0.417 e. The third-order valence-corrected chi connectivity index (χ3v) is 6.22. The lowest BCUT2D eigenvalue weighted by Crippen LogP contribution is -2.26. The zero-order chi connectivity index (χ0) is 15.8. The van der Waals surface area contributed by atoms with E-state index in [4.69, 9.17) is 11.6 Å². The maximum absolute atomic E-state index is 12.8. The number of nitrogens with zero attached hydrogens (tertiary/aromatic N) is 1. The fourth-order valence-corrected chi connectivity index (χ4v) is 4.18. The van der Waals surface area contributed by atoms with Crippen molar-refractivity contribution in [2.75, 3.05) is 11.4 Å². The number of halogens is 4. The standard InChI is InChI=1S/C12H9ClF3NO2S2/c1-17(21(18,19)11-3-2-6-20-11)8-4-5-10(13)9(7-8)12(14,15)16/h2-7H,1H3. The Morgan fingerprint density at radius 3 is 2.43 bits per heavy atom. The molecule has 0 amide bonds. The molecule has 0 atom stereocenters. The summed E-state index contributed by atoms with van der Waals surface area (Å²) in [4.78, 5) is 0. The smallest absolute Gasteiger partial charge is 0.269 e. The maximum Gasteiger partial charge on any atom is 0.417 e. The van der Waals surface area contributed by atoms with Crippen molar-refractivity contribution >= 4 is 38.6 Å². The monoisotopic (exact) mass is 355 g/mol. The molecule has 21 heavy (non-hydrogen) atoms. The second-order valence-corrected chi connectivity index (χ2v) is 7.62. The zero-order valence-electron chi connectivity index (χ0n) is 10.6. The van der Waals surface area contributed by atoms with Gasteiger partial charge in [0.25, 0.3) is 10.0 Å². The zero-order valence-corrected chi connectivity index (χ0v) is 12.9. The Bertz CT molecular complexity index is 742. The Kier molecular flexibility index (Phi) is 4.23. The molecule has 3 nitrogen and oxygen atoms in total. The highest BCUT2D eigenvalue weighted by Crippen LogP contribution is 2.37. The molecular weight excluding hydrogens is 347 g/mol. The van der Waals surface area contributed by atoms with Crippen LogP contribution in [0.1, 0.15) is 5.56 Å². The number of hydrogen-bond acceptors (Lipinski definition) is 3. The van der Waals surface area contributed by atoms with Crippen LogP contribution in [0.3, 0.4) is 0 Å². The van der Waals surface area contributed by atoms with Crippen LogP contribution >= 0.6 is 22.9 Å². The van der Waals surface area contributed by atoms with Gasteiger partial charge in [-0.3, -0.25) is 4.31 Å². The van der Waals surface area contributed by atoms with Crippen molar-refractivity contribution in [1.82, 2.24) is 0 Å². The Morgan fingerprint density at radius 2 is 1.90 bits per heavy atom. The second kappa shape index (κ2) is 5.51. The first-order valence-electron chi connectivity index (χ1n) is 5.53. The summed E-state index contributed by atoms with van der Waals surface area (Å²) < 4.78 is 63.8. The van der Waals surface area contributed by atoms with Gasteiger partial charge in [-0.05, 0) is 29.6 Å². The molecule has 0 saturated heterocycles. The molecule has 2 rings (SSSR count). The van der Waals surface area contributed by atoms with Gasteiger partial charge in [0.1, 0.15) is 4.21 Å². The van der Waals surface area contributed by atoms with Gasteiger partial charge >= 0.3 is 6.18 Å². The summed E-state index contributed by atoms with van der Waals surface area (Å²) >= 11 is 6.50. The average Bonchev–Trinajstić information content (AvgIpc) is 2.91. The lowest BCUT2D eigenvalue weighted by Gasteiger charge is -2.20. The fraction of sp³-hybridized carbons (Fsp3) is 0.167. The van der Waals surface area contributed by atoms with Crippen molar-refractivity contribution in [2.45, 2.75) is 10.4 Å². The Morgan fingerprint density at radius 1 is 1.24 bits per heavy atom. The molecule has 0 unspecified atom stereocenters. The lowest BCUT2D eigenvalue weighted by molar-refractivity contribution is -0.137. The number of hydrogen-bond donors (Lipinski definition) is 0. The molecule has 0 N–H and O–H groups in total. The van der Waals surface area contributed by atoms with E-state index in [9.17, 15) is 21.6 Å². The number of anilines is 1. The highest BCUT2D eigenvalue weighted by molar-refractivity contribution is 7.94. The molecule has 0 spiro atoms. The van der Waals surface area contributed by atoms with Crippen molar-refractivity contribution in [2.24, 2.45) is 0 Å². The average molecular weight is 356 g/mol. The Labute approximate surface area is 128 Å². The molecule has 2 aromatic rings. The number of sulfonamides is 1. The third kappa shape index (κ3) is 3.17. The predicted octanol–water partition coefficient (Wildman–Crippen LogP) is 4.25. The van der Waals surface area contributed by atoms with E-state index in [1.54, 1.807) is 11.4 Å². The van der Waals surface area contributed by atoms with Crippen LogP contribution in [-0.2, 0) is 16.2 Å². The minimum Gasteiger partial charge on any atom is -0.269 e. The molecule has 1 aromatic carbocycles. The number of benzene rings is 1. The van der Waals surface area contributed by atoms with Gasteiger partial charge in [0, 0.05) is 7.05 Å². The van der Waals surface area contributed by atoms with E-state index in [1.165, 1.54) is 19.2 Å². The number of thiophene rings is 1. The molecule has 9 heteroatoms. The SMILES string of the molecule is CN(c1ccc(Cl)c(C(F)(F)F)c1)S(=O)(=O)c1cccs1. The van der Waals surface area contributed by atoms with Crippen molar-refractivity contribution in [3.63, 3.8) is 0 Å². The first-order valence-corrected chi connectivity index (χ1v) is 8.23. The molecule has 1 heterocycles. The second-order valence-electron chi connectivity index (χ2n) is 4.07. The summed E-state index contributed by atoms with van der Waals surface area (Å²) in [5.74, 6) is 0. The van der Waals surface area contributed by atoms with Crippen LogP contribution in [0.15, 0.2) is 39.9 Å².